The van der Waals surface area contributed by atoms with E-state index in [1.165, 1.54) is 11.1 Å². The number of benzene rings is 4. The van der Waals surface area contributed by atoms with Gasteiger partial charge in [-0.05, 0) is 109 Å². The second-order valence-electron chi connectivity index (χ2n) is 13.4. The van der Waals surface area contributed by atoms with Gasteiger partial charge in [0.05, 0.1) is 40.6 Å². The third kappa shape index (κ3) is 8.27. The standard InChI is InChI=1S/C42H52O7/c1-25-19-31(11-15-35(25)43-7)21-27(3)47-37-17-13-33(23-39(37)45-9)41-29(5)30(6)42(49-41)34-14-18-38(40(24-34)46-10)48-28(4)22-32-12-16-36(44-8)26(2)20-32/h11-20,23-24,27-30,41-42H,21-22H2,1-10H3/t27-,28-,29-,30-,41+,42?/m1/s1. The molecule has 49 heavy (non-hydrogen) atoms. The first kappa shape index (κ1) is 35.9. The molecule has 0 spiro atoms. The highest BCUT2D eigenvalue weighted by Crippen LogP contribution is 2.51. The molecule has 6 atom stereocenters. The Kier molecular flexibility index (Phi) is 11.7. The fraction of sp³-hybridized carbons (Fsp3) is 0.429. The average molecular weight is 669 g/mol. The average Bonchev–Trinajstić information content (AvgIpc) is 3.38. The van der Waals surface area contributed by atoms with Gasteiger partial charge in [0.1, 0.15) is 23.7 Å². The summed E-state index contributed by atoms with van der Waals surface area (Å²) in [6, 6.07) is 24.8. The lowest BCUT2D eigenvalue weighted by Crippen LogP contribution is -2.16. The number of aryl methyl sites for hydroxylation is 2. The lowest BCUT2D eigenvalue weighted by molar-refractivity contribution is 0.0287. The molecule has 0 aliphatic carbocycles. The Morgan fingerprint density at radius 1 is 0.510 bits per heavy atom. The zero-order valence-corrected chi connectivity index (χ0v) is 30.7. The van der Waals surface area contributed by atoms with Gasteiger partial charge in [-0.15, -0.1) is 0 Å². The summed E-state index contributed by atoms with van der Waals surface area (Å²) in [5.74, 6) is 5.16. The summed E-state index contributed by atoms with van der Waals surface area (Å²) in [5, 5.41) is 0. The summed E-state index contributed by atoms with van der Waals surface area (Å²) in [5.41, 5.74) is 6.76. The summed E-state index contributed by atoms with van der Waals surface area (Å²) >= 11 is 0. The molecule has 262 valence electrons. The minimum Gasteiger partial charge on any atom is -0.496 e. The number of methoxy groups -OCH3 is 4. The van der Waals surface area contributed by atoms with E-state index in [1.807, 2.05) is 24.3 Å². The molecule has 0 bridgehead atoms. The van der Waals surface area contributed by atoms with Crippen LogP contribution >= 0.6 is 0 Å². The summed E-state index contributed by atoms with van der Waals surface area (Å²) < 4.78 is 42.0. The van der Waals surface area contributed by atoms with Crippen LogP contribution in [0.1, 0.15) is 73.3 Å². The van der Waals surface area contributed by atoms with E-state index < -0.39 is 0 Å². The Bertz CT molecular complexity index is 1590. The summed E-state index contributed by atoms with van der Waals surface area (Å²) in [6.45, 7) is 12.8. The highest BCUT2D eigenvalue weighted by molar-refractivity contribution is 5.46. The zero-order chi connectivity index (χ0) is 35.2. The van der Waals surface area contributed by atoms with Crippen molar-refractivity contribution in [1.29, 1.82) is 0 Å². The van der Waals surface area contributed by atoms with Gasteiger partial charge in [0.25, 0.3) is 0 Å². The van der Waals surface area contributed by atoms with Crippen molar-refractivity contribution in [2.45, 2.75) is 78.8 Å². The Morgan fingerprint density at radius 2 is 0.878 bits per heavy atom. The van der Waals surface area contributed by atoms with Gasteiger partial charge in [0, 0.05) is 12.8 Å². The van der Waals surface area contributed by atoms with Crippen LogP contribution in [-0.2, 0) is 17.6 Å². The highest BCUT2D eigenvalue weighted by atomic mass is 16.5. The third-order valence-corrected chi connectivity index (χ3v) is 9.73. The van der Waals surface area contributed by atoms with Crippen LogP contribution in [0, 0.1) is 25.7 Å². The maximum absolute atomic E-state index is 6.80. The van der Waals surface area contributed by atoms with Crippen LogP contribution < -0.4 is 28.4 Å². The molecule has 5 rings (SSSR count). The van der Waals surface area contributed by atoms with Crippen molar-refractivity contribution < 1.29 is 33.2 Å². The first-order valence-corrected chi connectivity index (χ1v) is 17.2. The van der Waals surface area contributed by atoms with E-state index in [9.17, 15) is 0 Å². The topological polar surface area (TPSA) is 64.6 Å². The number of rotatable bonds is 14. The second kappa shape index (κ2) is 15.9. The lowest BCUT2D eigenvalue weighted by atomic mass is 9.85. The molecule has 7 heteroatoms. The maximum Gasteiger partial charge on any atom is 0.161 e. The van der Waals surface area contributed by atoms with Crippen LogP contribution in [0.3, 0.4) is 0 Å². The Balaban J connectivity index is 1.26. The molecule has 1 heterocycles. The number of ether oxygens (including phenoxy) is 7. The van der Waals surface area contributed by atoms with E-state index in [-0.39, 0.29) is 36.3 Å². The van der Waals surface area contributed by atoms with Crippen molar-refractivity contribution in [3.8, 4) is 34.5 Å². The summed E-state index contributed by atoms with van der Waals surface area (Å²) in [6.07, 6.45) is 1.25. The predicted octanol–water partition coefficient (Wildman–Crippen LogP) is 9.44. The zero-order valence-electron chi connectivity index (χ0n) is 30.7. The molecule has 0 saturated carbocycles. The number of hydrogen-bond donors (Lipinski definition) is 0. The molecule has 4 aromatic carbocycles. The van der Waals surface area contributed by atoms with Crippen molar-refractivity contribution in [3.05, 3.63) is 106 Å². The van der Waals surface area contributed by atoms with Crippen molar-refractivity contribution >= 4 is 0 Å². The molecule has 0 N–H and O–H groups in total. The largest absolute Gasteiger partial charge is 0.496 e. The van der Waals surface area contributed by atoms with Crippen LogP contribution in [-0.4, -0.2) is 40.6 Å². The quantitative estimate of drug-likeness (QED) is 0.133. The molecule has 7 nitrogen and oxygen atoms in total. The Labute approximate surface area is 292 Å². The van der Waals surface area contributed by atoms with Gasteiger partial charge in [-0.25, -0.2) is 0 Å². The maximum atomic E-state index is 6.80. The molecule has 1 aliphatic rings. The van der Waals surface area contributed by atoms with Gasteiger partial charge in [-0.3, -0.25) is 0 Å². The summed E-state index contributed by atoms with van der Waals surface area (Å²) in [4.78, 5) is 0. The Hall–Kier alpha value is -4.36. The van der Waals surface area contributed by atoms with Gasteiger partial charge in [0.2, 0.25) is 0 Å². The molecule has 1 saturated heterocycles. The molecule has 0 aromatic heterocycles. The summed E-state index contributed by atoms with van der Waals surface area (Å²) in [7, 11) is 6.76. The van der Waals surface area contributed by atoms with E-state index >= 15 is 0 Å². The van der Waals surface area contributed by atoms with Crippen LogP contribution in [0.4, 0.5) is 0 Å². The minimum absolute atomic E-state index is 0.0461. The SMILES string of the molecule is COc1ccc(C[C@@H](C)Oc2ccc(C3O[C@H](c4ccc(O[C@H](C)Cc5ccc(OC)c(C)c5)c(OC)c4)[C@H](C)[C@H]3C)cc2OC)cc1C. The van der Waals surface area contributed by atoms with E-state index in [0.29, 0.717) is 11.5 Å². The molecule has 1 fully saturated rings. The predicted molar refractivity (Wildman–Crippen MR) is 194 cm³/mol. The van der Waals surface area contributed by atoms with Crippen molar-refractivity contribution in [1.82, 2.24) is 0 Å². The van der Waals surface area contributed by atoms with Crippen molar-refractivity contribution in [3.63, 3.8) is 0 Å². The first-order chi connectivity index (χ1) is 23.5. The minimum atomic E-state index is -0.0995. The fourth-order valence-corrected chi connectivity index (χ4v) is 6.95. The monoisotopic (exact) mass is 668 g/mol. The van der Waals surface area contributed by atoms with Gasteiger partial charge in [0.15, 0.2) is 23.0 Å². The van der Waals surface area contributed by atoms with Gasteiger partial charge < -0.3 is 33.2 Å². The smallest absolute Gasteiger partial charge is 0.161 e. The van der Waals surface area contributed by atoms with E-state index in [4.69, 9.17) is 33.2 Å². The van der Waals surface area contributed by atoms with Gasteiger partial charge in [-0.2, -0.15) is 0 Å². The fourth-order valence-electron chi connectivity index (χ4n) is 6.95. The highest BCUT2D eigenvalue weighted by Gasteiger charge is 2.41. The van der Waals surface area contributed by atoms with Gasteiger partial charge in [-0.1, -0.05) is 50.2 Å². The molecule has 1 aliphatic heterocycles. The van der Waals surface area contributed by atoms with E-state index in [2.05, 4.69) is 90.1 Å². The first-order valence-electron chi connectivity index (χ1n) is 17.2. The molecular weight excluding hydrogens is 616 g/mol. The second-order valence-corrected chi connectivity index (χ2v) is 13.4. The molecule has 4 aromatic rings. The normalized spacial score (nSPS) is 20.0. The van der Waals surface area contributed by atoms with Crippen molar-refractivity contribution in [2.75, 3.05) is 28.4 Å². The van der Waals surface area contributed by atoms with Gasteiger partial charge >= 0.3 is 0 Å². The van der Waals surface area contributed by atoms with Crippen LogP contribution in [0.2, 0.25) is 0 Å². The lowest BCUT2D eigenvalue weighted by Gasteiger charge is -2.21. The molecular formula is C42H52O7. The molecule has 0 radical (unpaired) electrons. The Morgan fingerprint density at radius 3 is 1.22 bits per heavy atom. The van der Waals surface area contributed by atoms with Crippen LogP contribution in [0.15, 0.2) is 72.8 Å². The third-order valence-electron chi connectivity index (χ3n) is 9.73. The number of hydrogen-bond acceptors (Lipinski definition) is 7. The van der Waals surface area contributed by atoms with Crippen LogP contribution in [0.5, 0.6) is 34.5 Å². The molecule has 0 amide bonds. The van der Waals surface area contributed by atoms with E-state index in [1.54, 1.807) is 28.4 Å². The molecule has 1 unspecified atom stereocenters. The van der Waals surface area contributed by atoms with E-state index in [0.717, 1.165) is 58.1 Å². The van der Waals surface area contributed by atoms with Crippen molar-refractivity contribution in [2.24, 2.45) is 11.8 Å². The van der Waals surface area contributed by atoms with Crippen LogP contribution in [0.25, 0.3) is 0 Å².